The molecule has 0 saturated heterocycles. The van der Waals surface area contributed by atoms with Gasteiger partial charge in [-0.2, -0.15) is 0 Å². The molecule has 1 heteroatoms. The van der Waals surface area contributed by atoms with Gasteiger partial charge in [-0.15, -0.1) is 0 Å². The van der Waals surface area contributed by atoms with E-state index in [0.717, 1.165) is 6.42 Å². The van der Waals surface area contributed by atoms with Crippen molar-refractivity contribution in [3.63, 3.8) is 0 Å². The molecule has 1 atom stereocenters. The normalized spacial score (nSPS) is 12.9. The van der Waals surface area contributed by atoms with Crippen LogP contribution < -0.4 is 0 Å². The van der Waals surface area contributed by atoms with Gasteiger partial charge in [0.2, 0.25) is 0 Å². The van der Waals surface area contributed by atoms with Crippen molar-refractivity contribution in [2.24, 2.45) is 0 Å². The molecule has 0 spiro atoms. The van der Waals surface area contributed by atoms with E-state index in [9.17, 15) is 0 Å². The molecule has 72 valence electrons. The van der Waals surface area contributed by atoms with E-state index in [1.807, 2.05) is 0 Å². The zero-order valence-electron chi connectivity index (χ0n) is 8.67. The van der Waals surface area contributed by atoms with Crippen molar-refractivity contribution in [3.05, 3.63) is 34.9 Å². The van der Waals surface area contributed by atoms with Gasteiger partial charge in [0.25, 0.3) is 0 Å². The van der Waals surface area contributed by atoms with Crippen LogP contribution in [0.1, 0.15) is 36.5 Å². The van der Waals surface area contributed by atoms with Gasteiger partial charge in [-0.3, -0.25) is 0 Å². The third-order valence-corrected chi connectivity index (χ3v) is 2.60. The Morgan fingerprint density at radius 2 is 2.08 bits per heavy atom. The second kappa shape index (κ2) is 4.43. The minimum absolute atomic E-state index is 0.233. The molecule has 0 aromatic heterocycles. The molecule has 0 aliphatic carbocycles. The van der Waals surface area contributed by atoms with Crippen LogP contribution in [0.5, 0.6) is 0 Å². The quantitative estimate of drug-likeness (QED) is 0.754. The van der Waals surface area contributed by atoms with E-state index in [2.05, 4.69) is 39.0 Å². The lowest BCUT2D eigenvalue weighted by Crippen LogP contribution is -2.04. The first-order valence-corrected chi connectivity index (χ1v) is 4.90. The lowest BCUT2D eigenvalue weighted by Gasteiger charge is -2.15. The summed E-state index contributed by atoms with van der Waals surface area (Å²) in [5.74, 6) is 0.259. The largest absolute Gasteiger partial charge is 0.396 e. The predicted molar refractivity (Wildman–Crippen MR) is 56.1 cm³/mol. The average Bonchev–Trinajstić information content (AvgIpc) is 2.16. The Morgan fingerprint density at radius 3 is 2.62 bits per heavy atom. The molecule has 0 fully saturated rings. The molecule has 0 heterocycles. The third kappa shape index (κ3) is 2.10. The Balaban J connectivity index is 3.12. The van der Waals surface area contributed by atoms with E-state index in [1.54, 1.807) is 0 Å². The fraction of sp³-hybridized carbons (Fsp3) is 0.500. The van der Waals surface area contributed by atoms with E-state index in [1.165, 1.54) is 16.7 Å². The summed E-state index contributed by atoms with van der Waals surface area (Å²) in [6.07, 6.45) is 1.05. The summed E-state index contributed by atoms with van der Waals surface area (Å²) in [6.45, 7) is 6.59. The molecule has 0 amide bonds. The maximum atomic E-state index is 9.10. The lowest BCUT2D eigenvalue weighted by molar-refractivity contribution is 0.272. The Morgan fingerprint density at radius 1 is 1.38 bits per heavy atom. The van der Waals surface area contributed by atoms with Crippen LogP contribution in [0.15, 0.2) is 18.2 Å². The Labute approximate surface area is 80.4 Å². The van der Waals surface area contributed by atoms with Crippen molar-refractivity contribution in [2.75, 3.05) is 6.61 Å². The number of benzene rings is 1. The summed E-state index contributed by atoms with van der Waals surface area (Å²) in [7, 11) is 0. The second-order valence-corrected chi connectivity index (χ2v) is 3.58. The van der Waals surface area contributed by atoms with E-state index < -0.39 is 0 Å². The number of aliphatic hydroxyl groups is 1. The summed E-state index contributed by atoms with van der Waals surface area (Å²) in [5, 5.41) is 9.10. The number of hydrogen-bond acceptors (Lipinski definition) is 1. The van der Waals surface area contributed by atoms with Crippen molar-refractivity contribution >= 4 is 0 Å². The van der Waals surface area contributed by atoms with Gasteiger partial charge < -0.3 is 5.11 Å². The van der Waals surface area contributed by atoms with Crippen molar-refractivity contribution in [1.29, 1.82) is 0 Å². The molecule has 1 aromatic carbocycles. The van der Waals surface area contributed by atoms with Gasteiger partial charge in [0.05, 0.1) is 0 Å². The van der Waals surface area contributed by atoms with Gasteiger partial charge in [-0.05, 0) is 30.0 Å². The van der Waals surface area contributed by atoms with Crippen molar-refractivity contribution in [2.45, 2.75) is 33.1 Å². The Kier molecular flexibility index (Phi) is 3.49. The van der Waals surface area contributed by atoms with Gasteiger partial charge in [-0.25, -0.2) is 0 Å². The topological polar surface area (TPSA) is 20.2 Å². The fourth-order valence-corrected chi connectivity index (χ4v) is 1.77. The SMILES string of the molecule is CCc1c(C)cccc1C(C)CO. The summed E-state index contributed by atoms with van der Waals surface area (Å²) < 4.78 is 0. The molecular weight excluding hydrogens is 160 g/mol. The van der Waals surface area contributed by atoms with Crippen molar-refractivity contribution < 1.29 is 5.11 Å². The molecular formula is C12H18O. The average molecular weight is 178 g/mol. The molecule has 1 unspecified atom stereocenters. The Bertz CT molecular complexity index is 278. The first-order valence-electron chi connectivity index (χ1n) is 4.90. The first-order chi connectivity index (χ1) is 6.20. The smallest absolute Gasteiger partial charge is 0.0497 e. The Hall–Kier alpha value is -0.820. The fourth-order valence-electron chi connectivity index (χ4n) is 1.77. The van der Waals surface area contributed by atoms with Crippen LogP contribution in [0.2, 0.25) is 0 Å². The zero-order chi connectivity index (χ0) is 9.84. The standard InChI is InChI=1S/C12H18O/c1-4-11-9(2)6-5-7-12(11)10(3)8-13/h5-7,10,13H,4,8H2,1-3H3. The van der Waals surface area contributed by atoms with Gasteiger partial charge in [0.15, 0.2) is 0 Å². The zero-order valence-corrected chi connectivity index (χ0v) is 8.67. The summed E-state index contributed by atoms with van der Waals surface area (Å²) >= 11 is 0. The molecule has 0 aliphatic rings. The van der Waals surface area contributed by atoms with Gasteiger partial charge >= 0.3 is 0 Å². The highest BCUT2D eigenvalue weighted by atomic mass is 16.3. The van der Waals surface area contributed by atoms with Crippen LogP contribution in [-0.4, -0.2) is 11.7 Å². The summed E-state index contributed by atoms with van der Waals surface area (Å²) in [5.41, 5.74) is 4.02. The number of rotatable bonds is 3. The van der Waals surface area contributed by atoms with E-state index in [-0.39, 0.29) is 12.5 Å². The molecule has 0 aliphatic heterocycles. The van der Waals surface area contributed by atoms with Crippen LogP contribution in [0, 0.1) is 6.92 Å². The maximum absolute atomic E-state index is 9.10. The van der Waals surface area contributed by atoms with Gasteiger partial charge in [-0.1, -0.05) is 32.0 Å². The molecule has 13 heavy (non-hydrogen) atoms. The van der Waals surface area contributed by atoms with Crippen LogP contribution in [0.4, 0.5) is 0 Å². The van der Waals surface area contributed by atoms with E-state index >= 15 is 0 Å². The van der Waals surface area contributed by atoms with Crippen LogP contribution in [0.3, 0.4) is 0 Å². The minimum Gasteiger partial charge on any atom is -0.396 e. The van der Waals surface area contributed by atoms with Gasteiger partial charge in [0, 0.05) is 12.5 Å². The van der Waals surface area contributed by atoms with Gasteiger partial charge in [0.1, 0.15) is 0 Å². The monoisotopic (exact) mass is 178 g/mol. The highest BCUT2D eigenvalue weighted by Crippen LogP contribution is 2.22. The maximum Gasteiger partial charge on any atom is 0.0497 e. The van der Waals surface area contributed by atoms with E-state index in [4.69, 9.17) is 5.11 Å². The molecule has 0 bridgehead atoms. The van der Waals surface area contributed by atoms with Crippen LogP contribution in [0.25, 0.3) is 0 Å². The van der Waals surface area contributed by atoms with E-state index in [0.29, 0.717) is 0 Å². The molecule has 1 N–H and O–H groups in total. The summed E-state index contributed by atoms with van der Waals surface area (Å²) in [4.78, 5) is 0. The van der Waals surface area contributed by atoms with Crippen LogP contribution in [-0.2, 0) is 6.42 Å². The van der Waals surface area contributed by atoms with Crippen molar-refractivity contribution in [3.8, 4) is 0 Å². The lowest BCUT2D eigenvalue weighted by atomic mass is 9.92. The third-order valence-electron chi connectivity index (χ3n) is 2.60. The molecule has 1 nitrogen and oxygen atoms in total. The number of aryl methyl sites for hydroxylation is 1. The van der Waals surface area contributed by atoms with Crippen LogP contribution >= 0.6 is 0 Å². The molecule has 1 aromatic rings. The minimum atomic E-state index is 0.233. The number of hydrogen-bond donors (Lipinski definition) is 1. The predicted octanol–water partition coefficient (Wildman–Crippen LogP) is 2.65. The van der Waals surface area contributed by atoms with Crippen molar-refractivity contribution in [1.82, 2.24) is 0 Å². The molecule has 0 saturated carbocycles. The molecule has 1 rings (SSSR count). The highest BCUT2D eigenvalue weighted by Gasteiger charge is 2.09. The molecule has 0 radical (unpaired) electrons. The first kappa shape index (κ1) is 10.3. The highest BCUT2D eigenvalue weighted by molar-refractivity contribution is 5.36. The summed E-state index contributed by atoms with van der Waals surface area (Å²) in [6, 6.07) is 6.31. The second-order valence-electron chi connectivity index (χ2n) is 3.58. The number of aliphatic hydroxyl groups excluding tert-OH is 1.